The minimum atomic E-state index is -4.79. The van der Waals surface area contributed by atoms with Crippen LogP contribution in [0.4, 0.5) is 14.5 Å². The molecular weight excluding hydrogens is 438 g/mol. The zero-order valence-corrected chi connectivity index (χ0v) is 16.6. The van der Waals surface area contributed by atoms with Crippen LogP contribution in [-0.4, -0.2) is 56.4 Å². The number of esters is 1. The molecule has 0 spiro atoms. The number of carbonyl (C=O) groups is 4. The number of carbonyl (C=O) groups excluding carboxylic acids is 4. The van der Waals surface area contributed by atoms with Crippen LogP contribution in [0.5, 0.6) is 0 Å². The van der Waals surface area contributed by atoms with E-state index in [0.717, 1.165) is 29.2 Å². The number of nitrogens with one attached hydrogen (secondary N) is 1. The van der Waals surface area contributed by atoms with Gasteiger partial charge in [0, 0.05) is 12.7 Å². The van der Waals surface area contributed by atoms with Crippen molar-refractivity contribution in [2.75, 3.05) is 19.0 Å². The highest BCUT2D eigenvalue weighted by atomic mass is 32.2. The molecule has 0 fully saturated rings. The van der Waals surface area contributed by atoms with E-state index in [1.807, 2.05) is 0 Å². The maximum absolute atomic E-state index is 12.5. The van der Waals surface area contributed by atoms with Crippen molar-refractivity contribution in [1.29, 1.82) is 0 Å². The third-order valence-corrected chi connectivity index (χ3v) is 5.76. The highest BCUT2D eigenvalue weighted by Gasteiger charge is 2.32. The Morgan fingerprint density at radius 3 is 2.26 bits per heavy atom. The van der Waals surface area contributed by atoms with Crippen LogP contribution in [0.1, 0.15) is 31.1 Å². The minimum Gasteiger partial charge on any atom is -0.452 e. The summed E-state index contributed by atoms with van der Waals surface area (Å²) in [6.07, 6.45) is 0. The number of sulfone groups is 1. The summed E-state index contributed by atoms with van der Waals surface area (Å²) in [6, 6.07) is 7.74. The predicted molar refractivity (Wildman–Crippen MR) is 101 cm³/mol. The molecule has 0 aliphatic carbocycles. The lowest BCUT2D eigenvalue weighted by Gasteiger charge is -2.08. The number of alkyl halides is 2. The van der Waals surface area contributed by atoms with Gasteiger partial charge in [-0.15, -0.1) is 0 Å². The van der Waals surface area contributed by atoms with Crippen LogP contribution in [0.3, 0.4) is 0 Å². The van der Waals surface area contributed by atoms with Crippen LogP contribution in [0.25, 0.3) is 0 Å². The number of fused-ring (bicyclic) bond motifs is 1. The first kappa shape index (κ1) is 22.0. The van der Waals surface area contributed by atoms with Gasteiger partial charge in [0.25, 0.3) is 17.7 Å². The fourth-order valence-corrected chi connectivity index (χ4v) is 3.46. The van der Waals surface area contributed by atoms with Crippen LogP contribution in [0.2, 0.25) is 0 Å². The van der Waals surface area contributed by atoms with Gasteiger partial charge in [-0.1, -0.05) is 0 Å². The normalized spacial score (nSPS) is 13.4. The van der Waals surface area contributed by atoms with Gasteiger partial charge >= 0.3 is 11.7 Å². The number of ether oxygens (including phenoxy) is 1. The van der Waals surface area contributed by atoms with Gasteiger partial charge in [-0.3, -0.25) is 19.3 Å². The van der Waals surface area contributed by atoms with Crippen molar-refractivity contribution in [1.82, 2.24) is 4.90 Å². The van der Waals surface area contributed by atoms with E-state index in [1.54, 1.807) is 0 Å². The number of anilines is 1. The third kappa shape index (κ3) is 4.28. The zero-order chi connectivity index (χ0) is 22.9. The van der Waals surface area contributed by atoms with Gasteiger partial charge in [-0.2, -0.15) is 8.78 Å². The molecule has 2 aromatic rings. The van der Waals surface area contributed by atoms with Crippen molar-refractivity contribution >= 4 is 39.2 Å². The summed E-state index contributed by atoms with van der Waals surface area (Å²) >= 11 is 0. The second kappa shape index (κ2) is 8.22. The standard InChI is InChI=1S/C19H14F2N2O7S/c1-23-16(25)13-7-4-11(8-14(13)17(23)26)22-15(24)9-30-18(27)10-2-5-12(6-3-10)31(28,29)19(20)21/h2-8,19H,9H2,1H3,(H,22,24). The first-order valence-electron chi connectivity index (χ1n) is 8.58. The lowest BCUT2D eigenvalue weighted by Crippen LogP contribution is -2.24. The zero-order valence-electron chi connectivity index (χ0n) is 15.8. The van der Waals surface area contributed by atoms with Crippen LogP contribution in [0, 0.1) is 0 Å². The highest BCUT2D eigenvalue weighted by Crippen LogP contribution is 2.24. The number of nitrogens with zero attached hydrogens (tertiary/aromatic N) is 1. The number of hydrogen-bond donors (Lipinski definition) is 1. The van der Waals surface area contributed by atoms with Crippen LogP contribution < -0.4 is 5.32 Å². The molecule has 0 unspecified atom stereocenters. The maximum atomic E-state index is 12.5. The number of imide groups is 1. The molecule has 162 valence electrons. The third-order valence-electron chi connectivity index (χ3n) is 4.36. The summed E-state index contributed by atoms with van der Waals surface area (Å²) in [5, 5.41) is 2.41. The molecule has 3 rings (SSSR count). The van der Waals surface area contributed by atoms with E-state index < -0.39 is 50.8 Å². The Hall–Kier alpha value is -3.67. The Labute approximate surface area is 174 Å². The Kier molecular flexibility index (Phi) is 5.84. The molecule has 0 radical (unpaired) electrons. The van der Waals surface area contributed by atoms with Gasteiger partial charge in [0.15, 0.2) is 6.61 Å². The molecule has 12 heteroatoms. The van der Waals surface area contributed by atoms with Crippen molar-refractivity contribution in [3.63, 3.8) is 0 Å². The average Bonchev–Trinajstić information content (AvgIpc) is 2.95. The molecule has 31 heavy (non-hydrogen) atoms. The number of halogens is 2. The molecule has 1 heterocycles. The van der Waals surface area contributed by atoms with Crippen molar-refractivity contribution < 1.29 is 41.1 Å². The quantitative estimate of drug-likeness (QED) is 0.522. The van der Waals surface area contributed by atoms with E-state index in [4.69, 9.17) is 4.74 Å². The summed E-state index contributed by atoms with van der Waals surface area (Å²) < 4.78 is 52.6. The molecule has 1 aliphatic heterocycles. The Morgan fingerprint density at radius 1 is 1.03 bits per heavy atom. The van der Waals surface area contributed by atoms with Gasteiger partial charge in [-0.25, -0.2) is 13.2 Å². The van der Waals surface area contributed by atoms with E-state index >= 15 is 0 Å². The molecule has 0 saturated carbocycles. The van der Waals surface area contributed by atoms with Gasteiger partial charge in [0.05, 0.1) is 21.6 Å². The van der Waals surface area contributed by atoms with Crippen molar-refractivity contribution in [3.8, 4) is 0 Å². The summed E-state index contributed by atoms with van der Waals surface area (Å²) in [6.45, 7) is -0.709. The number of amides is 3. The molecular formula is C19H14F2N2O7S. The second-order valence-electron chi connectivity index (χ2n) is 6.38. The van der Waals surface area contributed by atoms with E-state index in [-0.39, 0.29) is 22.4 Å². The molecule has 0 bridgehead atoms. The molecule has 2 aromatic carbocycles. The Bertz CT molecular complexity index is 1190. The van der Waals surface area contributed by atoms with Crippen LogP contribution in [-0.2, 0) is 19.4 Å². The fourth-order valence-electron chi connectivity index (χ4n) is 2.73. The topological polar surface area (TPSA) is 127 Å². The Morgan fingerprint density at radius 2 is 1.65 bits per heavy atom. The molecule has 0 atom stereocenters. The lowest BCUT2D eigenvalue weighted by molar-refractivity contribution is -0.119. The molecule has 3 amide bonds. The maximum Gasteiger partial charge on any atom is 0.341 e. The van der Waals surface area contributed by atoms with Gasteiger partial charge in [0.1, 0.15) is 0 Å². The summed E-state index contributed by atoms with van der Waals surface area (Å²) in [5.41, 5.74) is 0.388. The number of hydrogen-bond acceptors (Lipinski definition) is 7. The van der Waals surface area contributed by atoms with Gasteiger partial charge in [0.2, 0.25) is 9.84 Å². The van der Waals surface area contributed by atoms with Crippen molar-refractivity contribution in [2.45, 2.75) is 10.7 Å². The van der Waals surface area contributed by atoms with Crippen LogP contribution in [0.15, 0.2) is 47.4 Å². The SMILES string of the molecule is CN1C(=O)c2ccc(NC(=O)COC(=O)c3ccc(S(=O)(=O)C(F)F)cc3)cc2C1=O. The second-order valence-corrected chi connectivity index (χ2v) is 8.30. The largest absolute Gasteiger partial charge is 0.452 e. The van der Waals surface area contributed by atoms with Crippen LogP contribution >= 0.6 is 0 Å². The van der Waals surface area contributed by atoms with E-state index in [1.165, 1.54) is 25.2 Å². The minimum absolute atomic E-state index is 0.126. The molecule has 9 nitrogen and oxygen atoms in total. The molecule has 1 aliphatic rings. The molecule has 0 aromatic heterocycles. The predicted octanol–water partition coefficient (Wildman–Crippen LogP) is 1.70. The Balaban J connectivity index is 1.60. The first-order valence-corrected chi connectivity index (χ1v) is 10.1. The lowest BCUT2D eigenvalue weighted by atomic mass is 10.1. The molecule has 0 saturated heterocycles. The fraction of sp³-hybridized carbons (Fsp3) is 0.158. The monoisotopic (exact) mass is 452 g/mol. The van der Waals surface area contributed by atoms with Gasteiger partial charge < -0.3 is 10.1 Å². The van der Waals surface area contributed by atoms with Gasteiger partial charge in [-0.05, 0) is 42.5 Å². The van der Waals surface area contributed by atoms with Crippen molar-refractivity contribution in [3.05, 3.63) is 59.2 Å². The number of rotatable bonds is 6. The smallest absolute Gasteiger partial charge is 0.341 e. The van der Waals surface area contributed by atoms with E-state index in [0.29, 0.717) is 0 Å². The number of benzene rings is 2. The van der Waals surface area contributed by atoms with Crippen molar-refractivity contribution in [2.24, 2.45) is 0 Å². The highest BCUT2D eigenvalue weighted by molar-refractivity contribution is 7.91. The molecule has 1 N–H and O–H groups in total. The summed E-state index contributed by atoms with van der Waals surface area (Å²) in [5.74, 6) is -6.29. The summed E-state index contributed by atoms with van der Waals surface area (Å²) in [4.78, 5) is 48.1. The van der Waals surface area contributed by atoms with E-state index in [2.05, 4.69) is 5.32 Å². The average molecular weight is 452 g/mol. The van der Waals surface area contributed by atoms with E-state index in [9.17, 15) is 36.4 Å². The summed E-state index contributed by atoms with van der Waals surface area (Å²) in [7, 11) is -3.46. The first-order chi connectivity index (χ1) is 14.5.